The van der Waals surface area contributed by atoms with Crippen molar-refractivity contribution in [1.29, 1.82) is 0 Å². The lowest BCUT2D eigenvalue weighted by Crippen LogP contribution is -2.06. The summed E-state index contributed by atoms with van der Waals surface area (Å²) in [6.45, 7) is 0. The number of carbonyl (C=O) groups is 1. The van der Waals surface area contributed by atoms with Gasteiger partial charge >= 0.3 is 5.51 Å². The third-order valence-corrected chi connectivity index (χ3v) is 6.38. The molecule has 24 heavy (non-hydrogen) atoms. The number of carbonyl (C=O) groups excluding carboxylic acids is 1. The van der Waals surface area contributed by atoms with Crippen molar-refractivity contribution in [2.75, 3.05) is 5.75 Å². The van der Waals surface area contributed by atoms with Gasteiger partial charge in [-0.05, 0) is 30.2 Å². The molecule has 2 heterocycles. The molecule has 1 aliphatic rings. The number of amides is 1. The highest BCUT2D eigenvalue weighted by molar-refractivity contribution is 8.00. The molecule has 1 amide bonds. The molecule has 1 unspecified atom stereocenters. The zero-order valence-corrected chi connectivity index (χ0v) is 13.7. The van der Waals surface area contributed by atoms with Crippen molar-refractivity contribution < 1.29 is 22.2 Å². The predicted octanol–water partition coefficient (Wildman–Crippen LogP) is 3.92. The second-order valence-electron chi connectivity index (χ2n) is 5.03. The summed E-state index contributed by atoms with van der Waals surface area (Å²) >= 11 is -0.366. The number of rotatable bonds is 2. The lowest BCUT2D eigenvalue weighted by molar-refractivity contribution is -0.0329. The van der Waals surface area contributed by atoms with E-state index < -0.39 is 21.1 Å². The van der Waals surface area contributed by atoms with Gasteiger partial charge in [-0.15, -0.1) is 0 Å². The van der Waals surface area contributed by atoms with Crippen LogP contribution in [-0.4, -0.2) is 26.4 Å². The number of hydrogen-bond donors (Lipinski definition) is 0. The number of hydrogen-bond acceptors (Lipinski definition) is 4. The number of thioether (sulfide) groups is 1. The number of benzene rings is 1. The van der Waals surface area contributed by atoms with Crippen LogP contribution in [0.4, 0.5) is 13.2 Å². The maximum absolute atomic E-state index is 12.9. The molecule has 1 aromatic carbocycles. The van der Waals surface area contributed by atoms with Crippen LogP contribution in [0.5, 0.6) is 0 Å². The molecule has 0 fully saturated rings. The molecule has 4 nitrogen and oxygen atoms in total. The van der Waals surface area contributed by atoms with Crippen molar-refractivity contribution in [3.05, 3.63) is 53.7 Å². The summed E-state index contributed by atoms with van der Waals surface area (Å²) < 4.78 is 53.5. The third kappa shape index (κ3) is 3.62. The molecule has 0 saturated heterocycles. The predicted molar refractivity (Wildman–Crippen MR) is 84.3 cm³/mol. The molecular formula is C15H11F3N2O2S2. The van der Waals surface area contributed by atoms with Gasteiger partial charge in [0.1, 0.15) is 5.03 Å². The minimum absolute atomic E-state index is 0.00799. The van der Waals surface area contributed by atoms with Crippen molar-refractivity contribution in [1.82, 2.24) is 4.98 Å². The fourth-order valence-electron chi connectivity index (χ4n) is 2.35. The van der Waals surface area contributed by atoms with E-state index in [0.29, 0.717) is 11.3 Å². The number of halogens is 3. The largest absolute Gasteiger partial charge is 0.447 e. The molecule has 1 aromatic heterocycles. The fraction of sp³-hybridized carbons (Fsp3) is 0.200. The molecule has 0 bridgehead atoms. The lowest BCUT2D eigenvalue weighted by atomic mass is 10.2. The molecular weight excluding hydrogens is 361 g/mol. The Hall–Kier alpha value is -1.87. The molecule has 3 rings (SSSR count). The summed E-state index contributed by atoms with van der Waals surface area (Å²) in [6, 6.07) is 9.38. The summed E-state index contributed by atoms with van der Waals surface area (Å²) in [5.74, 6) is -0.485. The SMILES string of the molecule is O=C(N=S1(=O)CCc2ccccc21)c1ccc(SC(F)(F)F)nc1. The Labute approximate surface area is 140 Å². The van der Waals surface area contributed by atoms with Gasteiger partial charge in [0.05, 0.1) is 20.2 Å². The van der Waals surface area contributed by atoms with Crippen molar-refractivity contribution in [2.24, 2.45) is 4.36 Å². The van der Waals surface area contributed by atoms with Gasteiger partial charge in [-0.3, -0.25) is 4.79 Å². The van der Waals surface area contributed by atoms with Gasteiger partial charge in [-0.1, -0.05) is 18.2 Å². The Balaban J connectivity index is 1.87. The van der Waals surface area contributed by atoms with Crippen molar-refractivity contribution in [2.45, 2.75) is 21.9 Å². The topological polar surface area (TPSA) is 59.4 Å². The maximum atomic E-state index is 12.9. The third-order valence-electron chi connectivity index (χ3n) is 3.40. The monoisotopic (exact) mass is 372 g/mol. The maximum Gasteiger partial charge on any atom is 0.447 e. The van der Waals surface area contributed by atoms with E-state index >= 15 is 0 Å². The molecule has 9 heteroatoms. The Morgan fingerprint density at radius 2 is 1.96 bits per heavy atom. The Bertz CT molecular complexity index is 902. The van der Waals surface area contributed by atoms with Crippen LogP contribution in [0.3, 0.4) is 0 Å². The van der Waals surface area contributed by atoms with Gasteiger partial charge < -0.3 is 0 Å². The number of alkyl halides is 3. The fourth-order valence-corrected chi connectivity index (χ4v) is 4.98. The first-order chi connectivity index (χ1) is 11.3. The number of aryl methyl sites for hydroxylation is 1. The molecule has 0 radical (unpaired) electrons. The van der Waals surface area contributed by atoms with E-state index in [2.05, 4.69) is 9.35 Å². The van der Waals surface area contributed by atoms with Crippen LogP contribution in [0.2, 0.25) is 0 Å². The van der Waals surface area contributed by atoms with Gasteiger partial charge in [-0.2, -0.15) is 17.5 Å². The first kappa shape index (κ1) is 17.0. The average molecular weight is 372 g/mol. The van der Waals surface area contributed by atoms with Gasteiger partial charge in [-0.25, -0.2) is 9.19 Å². The standard InChI is InChI=1S/C15H11F3N2O2S2/c16-15(17,18)23-13-6-5-11(9-19-13)14(21)20-24(22)8-7-10-3-1-2-4-12(10)24/h1-6,9H,7-8H2. The zero-order chi connectivity index (χ0) is 17.4. The van der Waals surface area contributed by atoms with E-state index in [1.165, 1.54) is 6.07 Å². The highest BCUT2D eigenvalue weighted by atomic mass is 32.2. The van der Waals surface area contributed by atoms with E-state index in [0.717, 1.165) is 17.8 Å². The molecule has 0 saturated carbocycles. The Morgan fingerprint density at radius 3 is 2.62 bits per heavy atom. The van der Waals surface area contributed by atoms with Crippen LogP contribution < -0.4 is 0 Å². The number of nitrogens with zero attached hydrogens (tertiary/aromatic N) is 2. The van der Waals surface area contributed by atoms with Crippen molar-refractivity contribution in [3.8, 4) is 0 Å². The van der Waals surface area contributed by atoms with Crippen molar-refractivity contribution >= 4 is 27.4 Å². The number of aromatic nitrogens is 1. The normalized spacial score (nSPS) is 19.8. The lowest BCUT2D eigenvalue weighted by Gasteiger charge is -2.05. The van der Waals surface area contributed by atoms with E-state index in [1.54, 1.807) is 12.1 Å². The summed E-state index contributed by atoms with van der Waals surface area (Å²) in [5.41, 5.74) is -3.54. The van der Waals surface area contributed by atoms with E-state index in [9.17, 15) is 22.2 Å². The van der Waals surface area contributed by atoms with Crippen molar-refractivity contribution in [3.63, 3.8) is 0 Å². The van der Waals surface area contributed by atoms with Crippen LogP contribution in [0.1, 0.15) is 15.9 Å². The number of fused-ring (bicyclic) bond motifs is 1. The first-order valence-electron chi connectivity index (χ1n) is 6.86. The Kier molecular flexibility index (Phi) is 4.39. The van der Waals surface area contributed by atoms with Crippen LogP contribution in [-0.2, 0) is 16.1 Å². The summed E-state index contributed by atoms with van der Waals surface area (Å²) in [4.78, 5) is 16.3. The molecule has 1 aliphatic heterocycles. The van der Waals surface area contributed by atoms with Crippen LogP contribution in [0, 0.1) is 0 Å². The average Bonchev–Trinajstić information content (AvgIpc) is 2.84. The van der Waals surface area contributed by atoms with E-state index in [4.69, 9.17) is 0 Å². The molecule has 1 atom stereocenters. The van der Waals surface area contributed by atoms with E-state index in [1.807, 2.05) is 12.1 Å². The molecule has 2 aromatic rings. The Morgan fingerprint density at radius 1 is 1.21 bits per heavy atom. The minimum atomic E-state index is -4.44. The molecule has 0 N–H and O–H groups in total. The second-order valence-corrected chi connectivity index (χ2v) is 8.43. The van der Waals surface area contributed by atoms with Gasteiger partial charge in [0.15, 0.2) is 0 Å². The van der Waals surface area contributed by atoms with E-state index in [-0.39, 0.29) is 28.1 Å². The van der Waals surface area contributed by atoms with Crippen LogP contribution in [0.25, 0.3) is 0 Å². The zero-order valence-electron chi connectivity index (χ0n) is 12.1. The van der Waals surface area contributed by atoms with Gasteiger partial charge in [0, 0.05) is 23.7 Å². The highest BCUT2D eigenvalue weighted by Gasteiger charge is 2.30. The van der Waals surface area contributed by atoms with Gasteiger partial charge in [0.2, 0.25) is 0 Å². The van der Waals surface area contributed by atoms with Crippen LogP contribution >= 0.6 is 11.8 Å². The smallest absolute Gasteiger partial charge is 0.266 e. The second kappa shape index (κ2) is 6.21. The quantitative estimate of drug-likeness (QED) is 0.750. The summed E-state index contributed by atoms with van der Waals surface area (Å²) in [7, 11) is -2.84. The van der Waals surface area contributed by atoms with Crippen LogP contribution in [0.15, 0.2) is 56.9 Å². The molecule has 126 valence electrons. The minimum Gasteiger partial charge on any atom is -0.266 e. The molecule has 0 aliphatic carbocycles. The summed E-state index contributed by atoms with van der Waals surface area (Å²) in [5, 5.41) is -0.269. The summed E-state index contributed by atoms with van der Waals surface area (Å²) in [6.07, 6.45) is 1.59. The molecule has 0 spiro atoms. The number of pyridine rings is 1. The van der Waals surface area contributed by atoms with Gasteiger partial charge in [0.25, 0.3) is 5.91 Å². The first-order valence-corrected chi connectivity index (χ1v) is 9.36. The highest BCUT2D eigenvalue weighted by Crippen LogP contribution is 2.35.